The molecule has 0 heterocycles. The van der Waals surface area contributed by atoms with Crippen molar-refractivity contribution >= 4 is 23.0 Å². The van der Waals surface area contributed by atoms with Crippen LogP contribution in [0.25, 0.3) is 0 Å². The van der Waals surface area contributed by atoms with E-state index in [9.17, 15) is 4.79 Å². The topological polar surface area (TPSA) is 72.3 Å². The minimum Gasteiger partial charge on any atom is -0.399 e. The number of carbonyl (C=O) groups excluding carboxylic acids is 1. The first kappa shape index (κ1) is 12.0. The van der Waals surface area contributed by atoms with E-state index in [-0.39, 0.29) is 5.91 Å². The van der Waals surface area contributed by atoms with E-state index in [4.69, 9.17) is 11.5 Å². The van der Waals surface area contributed by atoms with E-state index in [1.165, 1.54) is 0 Å². The first-order valence-corrected chi connectivity index (χ1v) is 5.57. The molecule has 0 aliphatic heterocycles. The number of nitrogens with zero attached hydrogens (tertiary/aromatic N) is 1. The highest BCUT2D eigenvalue weighted by Gasteiger charge is 2.13. The van der Waals surface area contributed by atoms with Gasteiger partial charge in [0, 0.05) is 29.7 Å². The second kappa shape index (κ2) is 4.79. The number of hydrogen-bond acceptors (Lipinski definition) is 3. The Bertz CT molecular complexity index is 546. The van der Waals surface area contributed by atoms with Gasteiger partial charge < -0.3 is 16.4 Å². The standard InChI is InChI=1S/C14H15N3O/c1-17(13-5-3-2-4-6-13)14(18)10-7-11(15)9-12(16)8-10/h2-9H,15-16H2,1H3. The van der Waals surface area contributed by atoms with Gasteiger partial charge >= 0.3 is 0 Å². The molecular weight excluding hydrogens is 226 g/mol. The van der Waals surface area contributed by atoms with Gasteiger partial charge in [-0.1, -0.05) is 18.2 Å². The molecule has 2 aromatic rings. The van der Waals surface area contributed by atoms with Crippen LogP contribution in [0.2, 0.25) is 0 Å². The van der Waals surface area contributed by atoms with Crippen molar-refractivity contribution < 1.29 is 4.79 Å². The molecule has 0 saturated heterocycles. The third kappa shape index (κ3) is 2.43. The smallest absolute Gasteiger partial charge is 0.258 e. The highest BCUT2D eigenvalue weighted by Crippen LogP contribution is 2.18. The largest absolute Gasteiger partial charge is 0.399 e. The van der Waals surface area contributed by atoms with Crippen molar-refractivity contribution in [2.24, 2.45) is 0 Å². The number of amides is 1. The van der Waals surface area contributed by atoms with Crippen molar-refractivity contribution in [1.29, 1.82) is 0 Å². The lowest BCUT2D eigenvalue weighted by Gasteiger charge is -2.17. The molecule has 4 heteroatoms. The Hall–Kier alpha value is -2.49. The zero-order chi connectivity index (χ0) is 13.1. The van der Waals surface area contributed by atoms with E-state index in [0.29, 0.717) is 16.9 Å². The zero-order valence-corrected chi connectivity index (χ0v) is 10.1. The van der Waals surface area contributed by atoms with Gasteiger partial charge in [0.2, 0.25) is 0 Å². The van der Waals surface area contributed by atoms with Gasteiger partial charge in [0.15, 0.2) is 0 Å². The third-order valence-electron chi connectivity index (χ3n) is 2.67. The fourth-order valence-electron chi connectivity index (χ4n) is 1.76. The molecule has 18 heavy (non-hydrogen) atoms. The number of nitrogens with two attached hydrogens (primary N) is 2. The quantitative estimate of drug-likeness (QED) is 0.791. The van der Waals surface area contributed by atoms with Crippen LogP contribution in [-0.2, 0) is 0 Å². The summed E-state index contributed by atoms with van der Waals surface area (Å²) in [7, 11) is 1.72. The summed E-state index contributed by atoms with van der Waals surface area (Å²) >= 11 is 0. The van der Waals surface area contributed by atoms with Gasteiger partial charge in [-0.05, 0) is 30.3 Å². The van der Waals surface area contributed by atoms with E-state index < -0.39 is 0 Å². The van der Waals surface area contributed by atoms with Crippen molar-refractivity contribution in [3.8, 4) is 0 Å². The summed E-state index contributed by atoms with van der Waals surface area (Å²) in [6.07, 6.45) is 0. The maximum absolute atomic E-state index is 12.3. The molecule has 4 N–H and O–H groups in total. The lowest BCUT2D eigenvalue weighted by molar-refractivity contribution is 0.0993. The van der Waals surface area contributed by atoms with Gasteiger partial charge in [-0.3, -0.25) is 4.79 Å². The molecule has 0 unspecified atom stereocenters. The normalized spacial score (nSPS) is 10.1. The molecule has 0 bridgehead atoms. The third-order valence-corrected chi connectivity index (χ3v) is 2.67. The first-order chi connectivity index (χ1) is 8.58. The second-order valence-electron chi connectivity index (χ2n) is 4.09. The van der Waals surface area contributed by atoms with E-state index in [0.717, 1.165) is 5.69 Å². The van der Waals surface area contributed by atoms with Crippen LogP contribution in [0.1, 0.15) is 10.4 Å². The monoisotopic (exact) mass is 241 g/mol. The number of carbonyl (C=O) groups is 1. The summed E-state index contributed by atoms with van der Waals surface area (Å²) < 4.78 is 0. The van der Waals surface area contributed by atoms with Crippen molar-refractivity contribution in [2.45, 2.75) is 0 Å². The van der Waals surface area contributed by atoms with Crippen LogP contribution in [0.15, 0.2) is 48.5 Å². The fourth-order valence-corrected chi connectivity index (χ4v) is 1.76. The maximum atomic E-state index is 12.3. The summed E-state index contributed by atoms with van der Waals surface area (Å²) in [6, 6.07) is 14.3. The number of benzene rings is 2. The summed E-state index contributed by atoms with van der Waals surface area (Å²) in [6.45, 7) is 0. The number of anilines is 3. The van der Waals surface area contributed by atoms with Gasteiger partial charge in [0.05, 0.1) is 0 Å². The molecule has 2 aromatic carbocycles. The summed E-state index contributed by atoms with van der Waals surface area (Å²) in [5.41, 5.74) is 13.7. The highest BCUT2D eigenvalue weighted by molar-refractivity contribution is 6.06. The maximum Gasteiger partial charge on any atom is 0.258 e. The molecule has 1 amide bonds. The molecule has 92 valence electrons. The number of para-hydroxylation sites is 1. The predicted molar refractivity (Wildman–Crippen MR) is 74.4 cm³/mol. The summed E-state index contributed by atoms with van der Waals surface area (Å²) in [4.78, 5) is 13.8. The number of rotatable bonds is 2. The number of nitrogen functional groups attached to an aromatic ring is 2. The SMILES string of the molecule is CN(C(=O)c1cc(N)cc(N)c1)c1ccccc1. The van der Waals surface area contributed by atoms with Crippen LogP contribution < -0.4 is 16.4 Å². The molecule has 2 rings (SSSR count). The Morgan fingerprint density at radius 3 is 2.11 bits per heavy atom. The van der Waals surface area contributed by atoms with Crippen molar-refractivity contribution in [3.05, 3.63) is 54.1 Å². The Morgan fingerprint density at radius 2 is 1.56 bits per heavy atom. The Labute approximate surface area is 106 Å². The van der Waals surface area contributed by atoms with Crippen molar-refractivity contribution in [3.63, 3.8) is 0 Å². The predicted octanol–water partition coefficient (Wildman–Crippen LogP) is 2.13. The molecule has 0 radical (unpaired) electrons. The lowest BCUT2D eigenvalue weighted by atomic mass is 10.1. The summed E-state index contributed by atoms with van der Waals surface area (Å²) in [5, 5.41) is 0. The van der Waals surface area contributed by atoms with Gasteiger partial charge in [-0.15, -0.1) is 0 Å². The molecule has 0 aliphatic rings. The molecule has 0 aliphatic carbocycles. The van der Waals surface area contributed by atoms with Gasteiger partial charge in [0.25, 0.3) is 5.91 Å². The van der Waals surface area contributed by atoms with Crippen LogP contribution in [0.5, 0.6) is 0 Å². The van der Waals surface area contributed by atoms with Crippen LogP contribution >= 0.6 is 0 Å². The van der Waals surface area contributed by atoms with Gasteiger partial charge in [-0.25, -0.2) is 0 Å². The van der Waals surface area contributed by atoms with E-state index in [1.807, 2.05) is 30.3 Å². The van der Waals surface area contributed by atoms with E-state index >= 15 is 0 Å². The minimum atomic E-state index is -0.139. The Balaban J connectivity index is 2.31. The molecule has 0 fully saturated rings. The average molecular weight is 241 g/mol. The molecule has 0 spiro atoms. The Morgan fingerprint density at radius 1 is 1.00 bits per heavy atom. The fraction of sp³-hybridized carbons (Fsp3) is 0.0714. The second-order valence-corrected chi connectivity index (χ2v) is 4.09. The first-order valence-electron chi connectivity index (χ1n) is 5.57. The zero-order valence-electron chi connectivity index (χ0n) is 10.1. The minimum absolute atomic E-state index is 0.139. The van der Waals surface area contributed by atoms with E-state index in [2.05, 4.69) is 0 Å². The van der Waals surface area contributed by atoms with Gasteiger partial charge in [-0.2, -0.15) is 0 Å². The molecular formula is C14H15N3O. The average Bonchev–Trinajstić information content (AvgIpc) is 2.37. The van der Waals surface area contributed by atoms with E-state index in [1.54, 1.807) is 30.1 Å². The van der Waals surface area contributed by atoms with Crippen LogP contribution in [0, 0.1) is 0 Å². The highest BCUT2D eigenvalue weighted by atomic mass is 16.2. The molecule has 0 saturated carbocycles. The molecule has 4 nitrogen and oxygen atoms in total. The molecule has 0 aromatic heterocycles. The Kier molecular flexibility index (Phi) is 3.19. The number of hydrogen-bond donors (Lipinski definition) is 2. The van der Waals surface area contributed by atoms with Crippen LogP contribution in [0.3, 0.4) is 0 Å². The van der Waals surface area contributed by atoms with Crippen molar-refractivity contribution in [1.82, 2.24) is 0 Å². The lowest BCUT2D eigenvalue weighted by Crippen LogP contribution is -2.26. The summed E-state index contributed by atoms with van der Waals surface area (Å²) in [5.74, 6) is -0.139. The van der Waals surface area contributed by atoms with Crippen LogP contribution in [0.4, 0.5) is 17.1 Å². The van der Waals surface area contributed by atoms with Crippen molar-refractivity contribution in [2.75, 3.05) is 23.4 Å². The van der Waals surface area contributed by atoms with Gasteiger partial charge in [0.1, 0.15) is 0 Å². The molecule has 0 atom stereocenters. The van der Waals surface area contributed by atoms with Crippen LogP contribution in [-0.4, -0.2) is 13.0 Å².